The molecule has 1 aliphatic heterocycles. The van der Waals surface area contributed by atoms with E-state index in [0.717, 1.165) is 0 Å². The smallest absolute Gasteiger partial charge is 0.407 e. The molecule has 0 spiro atoms. The van der Waals surface area contributed by atoms with E-state index >= 15 is 0 Å². The highest BCUT2D eigenvalue weighted by Crippen LogP contribution is 2.18. The Morgan fingerprint density at radius 1 is 1.00 bits per heavy atom. The van der Waals surface area contributed by atoms with Gasteiger partial charge in [0.25, 0.3) is 5.91 Å². The summed E-state index contributed by atoms with van der Waals surface area (Å²) >= 11 is 0. The Bertz CT molecular complexity index is 859. The number of nitrogens with zero attached hydrogens (tertiary/aromatic N) is 1. The van der Waals surface area contributed by atoms with Crippen molar-refractivity contribution in [2.75, 3.05) is 13.1 Å². The van der Waals surface area contributed by atoms with Crippen molar-refractivity contribution in [1.82, 2.24) is 14.9 Å². The van der Waals surface area contributed by atoms with Crippen LogP contribution in [-0.2, 0) is 14.8 Å². The zero-order valence-electron chi connectivity index (χ0n) is 18.6. The molecule has 2 N–H and O–H groups in total. The van der Waals surface area contributed by atoms with Gasteiger partial charge >= 0.3 is 6.09 Å². The zero-order valence-corrected chi connectivity index (χ0v) is 19.4. The van der Waals surface area contributed by atoms with Gasteiger partial charge in [-0.15, -0.1) is 0 Å². The highest BCUT2D eigenvalue weighted by Gasteiger charge is 2.27. The van der Waals surface area contributed by atoms with E-state index in [2.05, 4.69) is 10.0 Å². The Hall–Kier alpha value is -2.13. The van der Waals surface area contributed by atoms with Gasteiger partial charge in [-0.3, -0.25) is 4.79 Å². The van der Waals surface area contributed by atoms with E-state index in [0.29, 0.717) is 31.5 Å². The fourth-order valence-corrected chi connectivity index (χ4v) is 4.54. The number of carbonyl (C=O) groups excluding carboxylic acids is 2. The number of rotatable bonds is 4. The van der Waals surface area contributed by atoms with Crippen molar-refractivity contribution in [2.45, 2.75) is 76.5 Å². The van der Waals surface area contributed by atoms with Crippen LogP contribution in [-0.4, -0.2) is 55.6 Å². The Morgan fingerprint density at radius 3 is 2.00 bits per heavy atom. The van der Waals surface area contributed by atoms with Crippen LogP contribution in [0.5, 0.6) is 0 Å². The molecule has 0 aliphatic carbocycles. The normalized spacial score (nSPS) is 16.3. The van der Waals surface area contributed by atoms with Crippen molar-refractivity contribution < 1.29 is 22.7 Å². The predicted molar refractivity (Wildman–Crippen MR) is 115 cm³/mol. The lowest BCUT2D eigenvalue weighted by Crippen LogP contribution is -2.47. The maximum absolute atomic E-state index is 12.8. The second-order valence-corrected chi connectivity index (χ2v) is 11.3. The number of hydrogen-bond acceptors (Lipinski definition) is 5. The maximum atomic E-state index is 12.8. The van der Waals surface area contributed by atoms with E-state index in [4.69, 9.17) is 4.74 Å². The molecule has 1 saturated heterocycles. The van der Waals surface area contributed by atoms with E-state index in [-0.39, 0.29) is 16.8 Å². The van der Waals surface area contributed by atoms with Gasteiger partial charge in [-0.1, -0.05) is 0 Å². The number of hydrogen-bond donors (Lipinski definition) is 2. The van der Waals surface area contributed by atoms with Gasteiger partial charge in [-0.05, 0) is 78.6 Å². The lowest BCUT2D eigenvalue weighted by molar-refractivity contribution is 0.0473. The summed E-state index contributed by atoms with van der Waals surface area (Å²) in [6.45, 7) is 11.7. The third kappa shape index (κ3) is 7.28. The van der Waals surface area contributed by atoms with Crippen LogP contribution in [0.1, 0.15) is 64.7 Å². The average molecular weight is 440 g/mol. The van der Waals surface area contributed by atoms with Crippen molar-refractivity contribution in [3.63, 3.8) is 0 Å². The topological polar surface area (TPSA) is 105 Å². The van der Waals surface area contributed by atoms with Crippen molar-refractivity contribution in [3.05, 3.63) is 29.8 Å². The third-order valence-electron chi connectivity index (χ3n) is 4.36. The van der Waals surface area contributed by atoms with E-state index < -0.39 is 27.3 Å². The maximum Gasteiger partial charge on any atom is 0.407 e. The van der Waals surface area contributed by atoms with Crippen molar-refractivity contribution >= 4 is 22.0 Å². The van der Waals surface area contributed by atoms with Gasteiger partial charge in [0, 0.05) is 30.2 Å². The summed E-state index contributed by atoms with van der Waals surface area (Å²) in [6, 6.07) is 5.91. The van der Waals surface area contributed by atoms with Gasteiger partial charge in [0.1, 0.15) is 5.60 Å². The molecule has 0 bridgehead atoms. The summed E-state index contributed by atoms with van der Waals surface area (Å²) in [4.78, 5) is 26.5. The van der Waals surface area contributed by atoms with Gasteiger partial charge in [0.05, 0.1) is 4.90 Å². The quantitative estimate of drug-likeness (QED) is 0.751. The third-order valence-corrected chi connectivity index (χ3v) is 6.13. The van der Waals surface area contributed by atoms with Crippen LogP contribution in [0.2, 0.25) is 0 Å². The first-order valence-electron chi connectivity index (χ1n) is 10.1. The number of carbonyl (C=O) groups is 2. The first-order chi connectivity index (χ1) is 13.7. The number of likely N-dealkylation sites (tertiary alicyclic amines) is 1. The molecule has 1 aromatic rings. The average Bonchev–Trinajstić information content (AvgIpc) is 2.58. The first-order valence-corrected chi connectivity index (χ1v) is 11.6. The van der Waals surface area contributed by atoms with E-state index in [1.807, 2.05) is 20.8 Å². The fraction of sp³-hybridized carbons (Fsp3) is 0.619. The van der Waals surface area contributed by atoms with Crippen LogP contribution < -0.4 is 10.0 Å². The minimum absolute atomic E-state index is 0.0418. The van der Waals surface area contributed by atoms with Crippen molar-refractivity contribution in [2.24, 2.45) is 0 Å². The molecule has 0 radical (unpaired) electrons. The fourth-order valence-electron chi connectivity index (χ4n) is 3.12. The Balaban J connectivity index is 1.93. The van der Waals surface area contributed by atoms with E-state index in [9.17, 15) is 18.0 Å². The SMILES string of the molecule is CC(C)(C)NS(=O)(=O)c1ccc(C(=O)N2CCC(NC(=O)OC(C)(C)C)CC2)cc1. The standard InChI is InChI=1S/C21H33N3O5S/c1-20(2,3)23-30(27,28)17-9-7-15(8-10-17)18(25)24-13-11-16(12-14-24)22-19(26)29-21(4,5)6/h7-10,16,23H,11-14H2,1-6H3,(H,22,26). The monoisotopic (exact) mass is 439 g/mol. The summed E-state index contributed by atoms with van der Waals surface area (Å²) in [5.74, 6) is -0.154. The number of nitrogens with one attached hydrogen (secondary N) is 2. The van der Waals surface area contributed by atoms with E-state index in [1.54, 1.807) is 25.7 Å². The van der Waals surface area contributed by atoms with Gasteiger partial charge in [0.15, 0.2) is 0 Å². The largest absolute Gasteiger partial charge is 0.444 e. The molecule has 0 saturated carbocycles. The molecule has 2 amide bonds. The van der Waals surface area contributed by atoms with Gasteiger partial charge < -0.3 is 15.0 Å². The molecular formula is C21H33N3O5S. The molecule has 1 fully saturated rings. The van der Waals surface area contributed by atoms with Crippen LogP contribution >= 0.6 is 0 Å². The summed E-state index contributed by atoms with van der Waals surface area (Å²) in [7, 11) is -3.64. The highest BCUT2D eigenvalue weighted by molar-refractivity contribution is 7.89. The van der Waals surface area contributed by atoms with Gasteiger partial charge in [-0.2, -0.15) is 0 Å². The van der Waals surface area contributed by atoms with Crippen molar-refractivity contribution in [1.29, 1.82) is 0 Å². The highest BCUT2D eigenvalue weighted by atomic mass is 32.2. The number of piperidine rings is 1. The summed E-state index contributed by atoms with van der Waals surface area (Å²) in [6.07, 6.45) is 0.813. The first kappa shape index (κ1) is 24.1. The van der Waals surface area contributed by atoms with Crippen LogP contribution in [0, 0.1) is 0 Å². The number of amides is 2. The molecule has 30 heavy (non-hydrogen) atoms. The minimum Gasteiger partial charge on any atom is -0.444 e. The molecule has 1 aliphatic rings. The number of alkyl carbamates (subject to hydrolysis) is 1. The van der Waals surface area contributed by atoms with E-state index in [1.165, 1.54) is 24.3 Å². The Kier molecular flexibility index (Phi) is 7.19. The predicted octanol–water partition coefficient (Wildman–Crippen LogP) is 2.89. The Morgan fingerprint density at radius 2 is 1.53 bits per heavy atom. The molecule has 0 unspecified atom stereocenters. The van der Waals surface area contributed by atoms with Crippen LogP contribution in [0.15, 0.2) is 29.2 Å². The molecule has 0 aromatic heterocycles. The van der Waals surface area contributed by atoms with Gasteiger partial charge in [-0.25, -0.2) is 17.9 Å². The molecule has 1 heterocycles. The molecular weight excluding hydrogens is 406 g/mol. The lowest BCUT2D eigenvalue weighted by atomic mass is 10.0. The summed E-state index contributed by atoms with van der Waals surface area (Å²) in [5.41, 5.74) is -0.711. The molecule has 9 heteroatoms. The second-order valence-electron chi connectivity index (χ2n) is 9.59. The summed E-state index contributed by atoms with van der Waals surface area (Å²) < 4.78 is 32.6. The number of ether oxygens (including phenoxy) is 1. The lowest BCUT2D eigenvalue weighted by Gasteiger charge is -2.33. The molecule has 168 valence electrons. The number of benzene rings is 1. The zero-order chi connectivity index (χ0) is 22.7. The van der Waals surface area contributed by atoms with Gasteiger partial charge in [0.2, 0.25) is 10.0 Å². The van der Waals surface area contributed by atoms with Crippen LogP contribution in [0.4, 0.5) is 4.79 Å². The second kappa shape index (κ2) is 8.93. The van der Waals surface area contributed by atoms with Crippen LogP contribution in [0.25, 0.3) is 0 Å². The molecule has 1 aromatic carbocycles. The molecule has 0 atom stereocenters. The minimum atomic E-state index is -3.64. The van der Waals surface area contributed by atoms with Crippen LogP contribution in [0.3, 0.4) is 0 Å². The molecule has 8 nitrogen and oxygen atoms in total. The van der Waals surface area contributed by atoms with Crippen molar-refractivity contribution in [3.8, 4) is 0 Å². The summed E-state index contributed by atoms with van der Waals surface area (Å²) in [5, 5.41) is 2.84. The number of sulfonamides is 1. The molecule has 2 rings (SSSR count). The Labute approximate surface area is 179 Å².